The predicted octanol–water partition coefficient (Wildman–Crippen LogP) is 3.40. The Hall–Kier alpha value is -3.83. The Morgan fingerprint density at radius 1 is 1.00 bits per heavy atom. The van der Waals surface area contributed by atoms with Crippen LogP contribution in [0.2, 0.25) is 0 Å². The largest absolute Gasteiger partial charge is 0.354 e. The van der Waals surface area contributed by atoms with E-state index in [0.29, 0.717) is 48.7 Å². The van der Waals surface area contributed by atoms with E-state index in [-0.39, 0.29) is 18.0 Å². The van der Waals surface area contributed by atoms with Gasteiger partial charge < -0.3 is 4.90 Å². The fraction of sp³-hybridized carbons (Fsp3) is 0.269. The Kier molecular flexibility index (Phi) is 6.65. The third-order valence-electron chi connectivity index (χ3n) is 6.19. The van der Waals surface area contributed by atoms with Crippen LogP contribution in [0.15, 0.2) is 65.5 Å². The van der Waals surface area contributed by atoms with Crippen molar-refractivity contribution in [3.05, 3.63) is 82.4 Å². The molecule has 37 heavy (non-hydrogen) atoms. The molecule has 0 N–H and O–H groups in total. The van der Waals surface area contributed by atoms with Gasteiger partial charge in [-0.05, 0) is 55.3 Å². The minimum atomic E-state index is -3.51. The lowest BCUT2D eigenvalue weighted by Crippen LogP contribution is -2.24. The molecule has 2 aromatic carbocycles. The summed E-state index contributed by atoms with van der Waals surface area (Å²) in [6.07, 6.45) is 1.51. The van der Waals surface area contributed by atoms with Crippen LogP contribution < -0.4 is 10.5 Å². The van der Waals surface area contributed by atoms with Gasteiger partial charge in [-0.15, -0.1) is 0 Å². The lowest BCUT2D eigenvalue weighted by molar-refractivity contribution is 0.317. The first kappa shape index (κ1) is 24.8. The van der Waals surface area contributed by atoms with Crippen LogP contribution in [0.1, 0.15) is 12.0 Å². The highest BCUT2D eigenvalue weighted by Crippen LogP contribution is 2.41. The molecule has 0 bridgehead atoms. The van der Waals surface area contributed by atoms with E-state index in [4.69, 9.17) is 14.4 Å². The summed E-state index contributed by atoms with van der Waals surface area (Å²) in [5, 5.41) is 9.56. The number of para-hydroxylation sites is 1. The second kappa shape index (κ2) is 9.91. The molecule has 0 fully saturated rings. The lowest BCUT2D eigenvalue weighted by Gasteiger charge is -2.19. The number of hydrogen-bond acceptors (Lipinski definition) is 7. The van der Waals surface area contributed by atoms with Crippen LogP contribution in [0.25, 0.3) is 28.2 Å². The van der Waals surface area contributed by atoms with Gasteiger partial charge in [-0.3, -0.25) is 8.98 Å². The molecule has 4 aromatic rings. The second-order valence-electron chi connectivity index (χ2n) is 8.90. The number of hydrogen-bond donors (Lipinski definition) is 0. The fourth-order valence-electron chi connectivity index (χ4n) is 4.50. The van der Waals surface area contributed by atoms with Gasteiger partial charge in [0, 0.05) is 24.7 Å². The van der Waals surface area contributed by atoms with Crippen molar-refractivity contribution in [2.45, 2.75) is 19.9 Å². The standard InChI is InChI=1S/C26H26FN5O4S/c1-18-6-3-4-7-22(18)32-23(33)13-12-21(28-32)24-25(19-8-10-20(27)11-9-19)29-31-16-15-30(26(24)31)14-5-17-36-37(2,34)35/h3-4,6-13H,5,14-17H2,1-2H3. The fourth-order valence-corrected chi connectivity index (χ4v) is 4.92. The molecule has 11 heteroatoms. The molecule has 0 amide bonds. The monoisotopic (exact) mass is 523 g/mol. The average molecular weight is 524 g/mol. The number of aromatic nitrogens is 4. The molecule has 3 heterocycles. The highest BCUT2D eigenvalue weighted by Gasteiger charge is 2.30. The molecule has 0 unspecified atom stereocenters. The van der Waals surface area contributed by atoms with E-state index in [2.05, 4.69) is 4.90 Å². The third-order valence-corrected chi connectivity index (χ3v) is 6.79. The first-order valence-corrected chi connectivity index (χ1v) is 13.7. The van der Waals surface area contributed by atoms with Crippen molar-refractivity contribution >= 4 is 15.9 Å². The molecular formula is C26H26FN5O4S. The van der Waals surface area contributed by atoms with Crippen LogP contribution in [0.5, 0.6) is 0 Å². The third kappa shape index (κ3) is 5.18. The zero-order valence-corrected chi connectivity index (χ0v) is 21.3. The molecule has 0 aliphatic carbocycles. The molecule has 1 aliphatic rings. The Labute approximate surface area is 213 Å². The maximum Gasteiger partial charge on any atom is 0.271 e. The maximum atomic E-state index is 13.7. The Morgan fingerprint density at radius 2 is 1.76 bits per heavy atom. The van der Waals surface area contributed by atoms with E-state index in [9.17, 15) is 17.6 Å². The van der Waals surface area contributed by atoms with Gasteiger partial charge in [-0.2, -0.15) is 23.3 Å². The number of fused-ring (bicyclic) bond motifs is 1. The van der Waals surface area contributed by atoms with Crippen LogP contribution in [0.3, 0.4) is 0 Å². The zero-order valence-electron chi connectivity index (χ0n) is 20.5. The summed E-state index contributed by atoms with van der Waals surface area (Å²) < 4.78 is 44.5. The molecule has 0 radical (unpaired) electrons. The highest BCUT2D eigenvalue weighted by atomic mass is 32.2. The van der Waals surface area contributed by atoms with Gasteiger partial charge in [-0.25, -0.2) is 9.07 Å². The molecule has 0 saturated heterocycles. The molecule has 9 nitrogen and oxygen atoms in total. The Morgan fingerprint density at radius 3 is 2.49 bits per heavy atom. The van der Waals surface area contributed by atoms with Crippen LogP contribution in [-0.4, -0.2) is 53.9 Å². The molecule has 0 atom stereocenters. The lowest BCUT2D eigenvalue weighted by atomic mass is 10.0. The molecule has 1 aliphatic heterocycles. The zero-order chi connectivity index (χ0) is 26.2. The summed E-state index contributed by atoms with van der Waals surface area (Å²) in [6, 6.07) is 16.7. The van der Waals surface area contributed by atoms with Gasteiger partial charge in [0.15, 0.2) is 0 Å². The highest BCUT2D eigenvalue weighted by molar-refractivity contribution is 7.85. The number of benzene rings is 2. The average Bonchev–Trinajstić information content (AvgIpc) is 3.42. The van der Waals surface area contributed by atoms with Gasteiger partial charge in [-0.1, -0.05) is 18.2 Å². The van der Waals surface area contributed by atoms with Crippen LogP contribution in [-0.2, 0) is 20.8 Å². The SMILES string of the molecule is Cc1ccccc1-n1nc(-c2c(-c3ccc(F)cc3)nn3c2N(CCCOS(C)(=O)=O)CC3)ccc1=O. The first-order valence-electron chi connectivity index (χ1n) is 11.8. The van der Waals surface area contributed by atoms with Gasteiger partial charge in [0.05, 0.1) is 36.4 Å². The molecule has 2 aromatic heterocycles. The molecule has 0 spiro atoms. The van der Waals surface area contributed by atoms with Crippen molar-refractivity contribution in [1.82, 2.24) is 19.6 Å². The van der Waals surface area contributed by atoms with E-state index < -0.39 is 10.1 Å². The summed E-state index contributed by atoms with van der Waals surface area (Å²) in [6.45, 7) is 3.82. The Bertz CT molecular complexity index is 1610. The summed E-state index contributed by atoms with van der Waals surface area (Å²) in [5.74, 6) is 0.456. The van der Waals surface area contributed by atoms with Gasteiger partial charge >= 0.3 is 0 Å². The van der Waals surface area contributed by atoms with Gasteiger partial charge in [0.2, 0.25) is 0 Å². The summed E-state index contributed by atoms with van der Waals surface area (Å²) in [7, 11) is -3.51. The van der Waals surface area contributed by atoms with E-state index in [1.807, 2.05) is 35.9 Å². The van der Waals surface area contributed by atoms with E-state index >= 15 is 0 Å². The molecular weight excluding hydrogens is 497 g/mol. The topological polar surface area (TPSA) is 99.3 Å². The Balaban J connectivity index is 1.61. The van der Waals surface area contributed by atoms with Crippen molar-refractivity contribution in [2.24, 2.45) is 0 Å². The predicted molar refractivity (Wildman–Crippen MR) is 139 cm³/mol. The van der Waals surface area contributed by atoms with Crippen LogP contribution in [0, 0.1) is 12.7 Å². The molecule has 0 saturated carbocycles. The van der Waals surface area contributed by atoms with Crippen LogP contribution in [0.4, 0.5) is 10.2 Å². The number of anilines is 1. The van der Waals surface area contributed by atoms with Gasteiger partial charge in [0.1, 0.15) is 17.3 Å². The van der Waals surface area contributed by atoms with E-state index in [0.717, 1.165) is 23.2 Å². The first-order chi connectivity index (χ1) is 17.7. The van der Waals surface area contributed by atoms with Crippen molar-refractivity contribution in [3.63, 3.8) is 0 Å². The minimum Gasteiger partial charge on any atom is -0.354 e. The number of aryl methyl sites for hydroxylation is 1. The smallest absolute Gasteiger partial charge is 0.271 e. The van der Waals surface area contributed by atoms with Gasteiger partial charge in [0.25, 0.3) is 15.7 Å². The molecule has 192 valence electrons. The van der Waals surface area contributed by atoms with Crippen molar-refractivity contribution < 1.29 is 17.0 Å². The van der Waals surface area contributed by atoms with E-state index in [1.54, 1.807) is 18.2 Å². The quantitative estimate of drug-likeness (QED) is 0.258. The number of rotatable bonds is 8. The summed E-state index contributed by atoms with van der Waals surface area (Å²) in [5.41, 5.74) is 3.92. The van der Waals surface area contributed by atoms with E-state index in [1.165, 1.54) is 22.9 Å². The maximum absolute atomic E-state index is 13.7. The molecule has 5 rings (SSSR count). The van der Waals surface area contributed by atoms with Crippen molar-refractivity contribution in [2.75, 3.05) is 30.9 Å². The summed E-state index contributed by atoms with van der Waals surface area (Å²) >= 11 is 0. The van der Waals surface area contributed by atoms with Crippen molar-refractivity contribution in [3.8, 4) is 28.2 Å². The number of halogens is 1. The number of nitrogens with zero attached hydrogens (tertiary/aromatic N) is 5. The second-order valence-corrected chi connectivity index (χ2v) is 10.5. The van der Waals surface area contributed by atoms with Crippen LogP contribution >= 0.6 is 0 Å². The van der Waals surface area contributed by atoms with Crippen molar-refractivity contribution in [1.29, 1.82) is 0 Å². The minimum absolute atomic E-state index is 0.0695. The normalized spacial score (nSPS) is 13.2. The summed E-state index contributed by atoms with van der Waals surface area (Å²) in [4.78, 5) is 14.9.